The first-order chi connectivity index (χ1) is 10.1. The maximum absolute atomic E-state index is 13.6. The van der Waals surface area contributed by atoms with Gasteiger partial charge in [-0.25, -0.2) is 4.39 Å². The van der Waals surface area contributed by atoms with Crippen LogP contribution in [0.4, 0.5) is 10.2 Å². The summed E-state index contributed by atoms with van der Waals surface area (Å²) in [5.41, 5.74) is 5.21. The van der Waals surface area contributed by atoms with Gasteiger partial charge in [-0.1, -0.05) is 17.7 Å². The summed E-state index contributed by atoms with van der Waals surface area (Å²) in [5, 5.41) is 11.6. The van der Waals surface area contributed by atoms with E-state index in [0.29, 0.717) is 11.5 Å². The summed E-state index contributed by atoms with van der Waals surface area (Å²) in [6.07, 6.45) is 1.41. The SMILES string of the molecule is O=C(NNc1ccc2nncn2n1)c1c(F)cccc1Cl. The van der Waals surface area contributed by atoms with E-state index >= 15 is 0 Å². The van der Waals surface area contributed by atoms with Crippen LogP contribution in [0.3, 0.4) is 0 Å². The van der Waals surface area contributed by atoms with Crippen molar-refractivity contribution in [3.05, 3.63) is 53.1 Å². The number of hydrazine groups is 1. The van der Waals surface area contributed by atoms with Crippen LogP contribution >= 0.6 is 11.6 Å². The number of nitrogens with one attached hydrogen (secondary N) is 2. The first kappa shape index (κ1) is 13.3. The quantitative estimate of drug-likeness (QED) is 0.719. The van der Waals surface area contributed by atoms with Crippen LogP contribution in [0.15, 0.2) is 36.7 Å². The molecule has 0 bridgehead atoms. The Balaban J connectivity index is 1.76. The van der Waals surface area contributed by atoms with E-state index in [-0.39, 0.29) is 10.6 Å². The summed E-state index contributed by atoms with van der Waals surface area (Å²) in [4.78, 5) is 11.9. The molecule has 0 fully saturated rings. The summed E-state index contributed by atoms with van der Waals surface area (Å²) in [6.45, 7) is 0. The van der Waals surface area contributed by atoms with E-state index in [4.69, 9.17) is 11.6 Å². The second-order valence-corrected chi connectivity index (χ2v) is 4.44. The van der Waals surface area contributed by atoms with Crippen LogP contribution in [0.1, 0.15) is 10.4 Å². The first-order valence-corrected chi connectivity index (χ1v) is 6.20. The molecule has 0 spiro atoms. The third kappa shape index (κ3) is 2.61. The first-order valence-electron chi connectivity index (χ1n) is 5.82. The van der Waals surface area contributed by atoms with Crippen LogP contribution in [0.25, 0.3) is 5.65 Å². The third-order valence-corrected chi connectivity index (χ3v) is 2.97. The molecule has 0 aliphatic carbocycles. The highest BCUT2D eigenvalue weighted by Gasteiger charge is 2.15. The van der Waals surface area contributed by atoms with Gasteiger partial charge in [0.2, 0.25) is 0 Å². The number of fused-ring (bicyclic) bond motifs is 1. The van der Waals surface area contributed by atoms with Gasteiger partial charge in [0.15, 0.2) is 11.5 Å². The van der Waals surface area contributed by atoms with E-state index in [1.807, 2.05) is 0 Å². The number of aromatic nitrogens is 4. The summed E-state index contributed by atoms with van der Waals surface area (Å²) in [5.74, 6) is -1.07. The normalized spacial score (nSPS) is 10.6. The summed E-state index contributed by atoms with van der Waals surface area (Å²) in [7, 11) is 0. The molecule has 0 saturated heterocycles. The monoisotopic (exact) mass is 306 g/mol. The summed E-state index contributed by atoms with van der Waals surface area (Å²) in [6, 6.07) is 7.25. The van der Waals surface area contributed by atoms with E-state index < -0.39 is 11.7 Å². The highest BCUT2D eigenvalue weighted by atomic mass is 35.5. The minimum atomic E-state index is -0.705. The maximum atomic E-state index is 13.6. The van der Waals surface area contributed by atoms with Crippen LogP contribution in [-0.2, 0) is 0 Å². The number of carbonyl (C=O) groups excluding carboxylic acids is 1. The van der Waals surface area contributed by atoms with E-state index in [1.54, 1.807) is 12.1 Å². The van der Waals surface area contributed by atoms with E-state index in [0.717, 1.165) is 6.07 Å². The van der Waals surface area contributed by atoms with Crippen molar-refractivity contribution in [2.45, 2.75) is 0 Å². The van der Waals surface area contributed by atoms with Gasteiger partial charge in [-0.05, 0) is 24.3 Å². The van der Waals surface area contributed by atoms with Crippen molar-refractivity contribution in [1.29, 1.82) is 0 Å². The molecule has 7 nitrogen and oxygen atoms in total. The molecule has 0 atom stereocenters. The summed E-state index contributed by atoms with van der Waals surface area (Å²) < 4.78 is 15.0. The summed E-state index contributed by atoms with van der Waals surface area (Å²) >= 11 is 5.80. The van der Waals surface area contributed by atoms with Crippen molar-refractivity contribution >= 4 is 29.0 Å². The molecule has 0 radical (unpaired) electrons. The lowest BCUT2D eigenvalue weighted by atomic mass is 10.2. The lowest BCUT2D eigenvalue weighted by molar-refractivity contribution is 0.0958. The van der Waals surface area contributed by atoms with Crippen molar-refractivity contribution in [1.82, 2.24) is 25.2 Å². The lowest BCUT2D eigenvalue weighted by Crippen LogP contribution is -2.31. The van der Waals surface area contributed by atoms with E-state index in [9.17, 15) is 9.18 Å². The van der Waals surface area contributed by atoms with E-state index in [2.05, 4.69) is 26.1 Å². The second-order valence-electron chi connectivity index (χ2n) is 4.03. The van der Waals surface area contributed by atoms with Crippen LogP contribution in [0.2, 0.25) is 5.02 Å². The van der Waals surface area contributed by atoms with Gasteiger partial charge in [0, 0.05) is 0 Å². The number of hydrogen-bond acceptors (Lipinski definition) is 5. The van der Waals surface area contributed by atoms with Gasteiger partial charge in [0.1, 0.15) is 12.1 Å². The number of anilines is 1. The van der Waals surface area contributed by atoms with Crippen molar-refractivity contribution in [2.24, 2.45) is 0 Å². The predicted octanol–water partition coefficient (Wildman–Crippen LogP) is 1.67. The van der Waals surface area contributed by atoms with E-state index in [1.165, 1.54) is 23.0 Å². The highest BCUT2D eigenvalue weighted by Crippen LogP contribution is 2.18. The molecule has 0 aliphatic rings. The number of halogens is 2. The van der Waals surface area contributed by atoms with Gasteiger partial charge in [0.25, 0.3) is 5.91 Å². The fourth-order valence-electron chi connectivity index (χ4n) is 1.69. The molecule has 3 rings (SSSR count). The molecular formula is C12H8ClFN6O. The Bertz CT molecular complexity index is 800. The fraction of sp³-hybridized carbons (Fsp3) is 0. The number of benzene rings is 1. The Hall–Kier alpha value is -2.74. The molecule has 2 aromatic heterocycles. The Kier molecular flexibility index (Phi) is 3.36. The molecule has 2 heterocycles. The molecule has 21 heavy (non-hydrogen) atoms. The topological polar surface area (TPSA) is 84.2 Å². The Morgan fingerprint density at radius 2 is 2.14 bits per heavy atom. The Labute approximate surface area is 122 Å². The predicted molar refractivity (Wildman–Crippen MR) is 73.3 cm³/mol. The number of carbonyl (C=O) groups is 1. The molecule has 1 aromatic carbocycles. The second kappa shape index (κ2) is 5.33. The lowest BCUT2D eigenvalue weighted by Gasteiger charge is -2.09. The Morgan fingerprint density at radius 3 is 2.95 bits per heavy atom. The van der Waals surface area contributed by atoms with Gasteiger partial charge < -0.3 is 0 Å². The minimum Gasteiger partial charge on any atom is -0.280 e. The van der Waals surface area contributed by atoms with Gasteiger partial charge in [0.05, 0.1) is 10.6 Å². The molecule has 3 aromatic rings. The van der Waals surface area contributed by atoms with Crippen LogP contribution < -0.4 is 10.9 Å². The van der Waals surface area contributed by atoms with Crippen LogP contribution in [0.5, 0.6) is 0 Å². The standard InChI is InChI=1S/C12H8ClFN6O/c13-7-2-1-3-8(14)11(7)12(21)18-16-9-4-5-10-17-15-6-20(10)19-9/h1-6H,(H,16,19)(H,18,21). The average Bonchev–Trinajstić information content (AvgIpc) is 2.92. The number of nitrogens with zero attached hydrogens (tertiary/aromatic N) is 4. The van der Waals surface area contributed by atoms with Crippen LogP contribution in [0, 0.1) is 5.82 Å². The Morgan fingerprint density at radius 1 is 1.29 bits per heavy atom. The van der Waals surface area contributed by atoms with Crippen molar-refractivity contribution in [3.8, 4) is 0 Å². The molecule has 1 amide bonds. The molecule has 0 unspecified atom stereocenters. The van der Waals surface area contributed by atoms with Gasteiger partial charge >= 0.3 is 0 Å². The molecule has 2 N–H and O–H groups in total. The number of amides is 1. The largest absolute Gasteiger partial charge is 0.280 e. The van der Waals surface area contributed by atoms with Gasteiger partial charge in [-0.3, -0.25) is 15.6 Å². The van der Waals surface area contributed by atoms with Gasteiger partial charge in [-0.2, -0.15) is 4.52 Å². The van der Waals surface area contributed by atoms with Crippen molar-refractivity contribution in [3.63, 3.8) is 0 Å². The fourth-order valence-corrected chi connectivity index (χ4v) is 1.94. The minimum absolute atomic E-state index is 0.0246. The van der Waals surface area contributed by atoms with Crippen molar-refractivity contribution < 1.29 is 9.18 Å². The zero-order chi connectivity index (χ0) is 14.8. The zero-order valence-corrected chi connectivity index (χ0v) is 11.2. The molecule has 106 valence electrons. The number of hydrogen-bond donors (Lipinski definition) is 2. The van der Waals surface area contributed by atoms with Crippen molar-refractivity contribution in [2.75, 3.05) is 5.43 Å². The van der Waals surface area contributed by atoms with Crippen LogP contribution in [-0.4, -0.2) is 25.7 Å². The molecular weight excluding hydrogens is 299 g/mol. The zero-order valence-electron chi connectivity index (χ0n) is 10.4. The third-order valence-electron chi connectivity index (χ3n) is 2.66. The highest BCUT2D eigenvalue weighted by molar-refractivity contribution is 6.33. The molecule has 9 heteroatoms. The average molecular weight is 307 g/mol. The molecule has 0 saturated carbocycles. The maximum Gasteiger partial charge on any atom is 0.274 e. The number of rotatable bonds is 3. The smallest absolute Gasteiger partial charge is 0.274 e. The molecule has 0 aliphatic heterocycles. The van der Waals surface area contributed by atoms with Gasteiger partial charge in [-0.15, -0.1) is 15.3 Å².